The second-order valence-corrected chi connectivity index (χ2v) is 3.60. The fraction of sp³-hybridized carbons (Fsp3) is 0.667. The highest BCUT2D eigenvalue weighted by molar-refractivity contribution is 5.10. The standard InChI is InChI=1S/C9H14N2/c1-7-3-4-11-9(5-7)6-8(2)10-11/h6-7H,3-5H2,1-2H3. The summed E-state index contributed by atoms with van der Waals surface area (Å²) in [6.45, 7) is 5.49. The summed E-state index contributed by atoms with van der Waals surface area (Å²) in [6.07, 6.45) is 2.50. The molecule has 2 heteroatoms. The Morgan fingerprint density at radius 3 is 3.27 bits per heavy atom. The minimum absolute atomic E-state index is 0.846. The second-order valence-electron chi connectivity index (χ2n) is 3.60. The van der Waals surface area contributed by atoms with Gasteiger partial charge in [0.2, 0.25) is 0 Å². The molecule has 2 heterocycles. The van der Waals surface area contributed by atoms with Crippen LogP contribution in [0.25, 0.3) is 0 Å². The topological polar surface area (TPSA) is 17.8 Å². The summed E-state index contributed by atoms with van der Waals surface area (Å²) in [7, 11) is 0. The molecule has 0 fully saturated rings. The van der Waals surface area contributed by atoms with Crippen molar-refractivity contribution in [3.8, 4) is 0 Å². The van der Waals surface area contributed by atoms with Gasteiger partial charge in [0.1, 0.15) is 0 Å². The van der Waals surface area contributed by atoms with Crippen LogP contribution in [-0.4, -0.2) is 9.78 Å². The first-order valence-corrected chi connectivity index (χ1v) is 4.29. The van der Waals surface area contributed by atoms with Crippen molar-refractivity contribution in [2.75, 3.05) is 0 Å². The van der Waals surface area contributed by atoms with Gasteiger partial charge < -0.3 is 0 Å². The van der Waals surface area contributed by atoms with E-state index in [9.17, 15) is 0 Å². The van der Waals surface area contributed by atoms with Crippen LogP contribution in [0.5, 0.6) is 0 Å². The molecule has 1 aromatic rings. The Morgan fingerprint density at radius 2 is 2.45 bits per heavy atom. The van der Waals surface area contributed by atoms with Gasteiger partial charge in [-0.3, -0.25) is 4.68 Å². The molecule has 0 bridgehead atoms. The normalized spacial score (nSPS) is 23.3. The number of hydrogen-bond acceptors (Lipinski definition) is 1. The molecule has 0 saturated carbocycles. The van der Waals surface area contributed by atoms with E-state index in [0.29, 0.717) is 0 Å². The van der Waals surface area contributed by atoms with E-state index in [1.165, 1.54) is 18.5 Å². The van der Waals surface area contributed by atoms with E-state index < -0.39 is 0 Å². The minimum atomic E-state index is 0.846. The molecule has 2 rings (SSSR count). The van der Waals surface area contributed by atoms with Gasteiger partial charge in [-0.25, -0.2) is 0 Å². The summed E-state index contributed by atoms with van der Waals surface area (Å²) in [5.74, 6) is 0.846. The maximum Gasteiger partial charge on any atom is 0.0596 e. The predicted octanol–water partition coefficient (Wildman–Crippen LogP) is 1.77. The van der Waals surface area contributed by atoms with Crippen molar-refractivity contribution in [1.29, 1.82) is 0 Å². The first-order chi connectivity index (χ1) is 5.25. The van der Waals surface area contributed by atoms with Crippen LogP contribution in [-0.2, 0) is 13.0 Å². The molecule has 1 aromatic heterocycles. The molecule has 0 aromatic carbocycles. The lowest BCUT2D eigenvalue weighted by atomic mass is 9.99. The summed E-state index contributed by atoms with van der Waals surface area (Å²) >= 11 is 0. The molecule has 2 nitrogen and oxygen atoms in total. The average Bonchev–Trinajstić information content (AvgIpc) is 2.27. The van der Waals surface area contributed by atoms with Crippen LogP contribution >= 0.6 is 0 Å². The van der Waals surface area contributed by atoms with Gasteiger partial charge in [-0.15, -0.1) is 0 Å². The monoisotopic (exact) mass is 150 g/mol. The summed E-state index contributed by atoms with van der Waals surface area (Å²) < 4.78 is 2.15. The number of rotatable bonds is 0. The van der Waals surface area contributed by atoms with Crippen LogP contribution in [0.15, 0.2) is 6.07 Å². The summed E-state index contributed by atoms with van der Waals surface area (Å²) in [5.41, 5.74) is 2.58. The van der Waals surface area contributed by atoms with E-state index in [1.807, 2.05) is 0 Å². The number of hydrogen-bond donors (Lipinski definition) is 0. The van der Waals surface area contributed by atoms with E-state index in [4.69, 9.17) is 0 Å². The van der Waals surface area contributed by atoms with E-state index in [1.54, 1.807) is 0 Å². The molecule has 0 saturated heterocycles. The lowest BCUT2D eigenvalue weighted by Gasteiger charge is -2.18. The smallest absolute Gasteiger partial charge is 0.0596 e. The van der Waals surface area contributed by atoms with Crippen molar-refractivity contribution >= 4 is 0 Å². The molecular formula is C9H14N2. The third kappa shape index (κ3) is 1.17. The fourth-order valence-electron chi connectivity index (χ4n) is 1.76. The molecular weight excluding hydrogens is 136 g/mol. The van der Waals surface area contributed by atoms with Crippen LogP contribution in [0, 0.1) is 12.8 Å². The third-order valence-corrected chi connectivity index (χ3v) is 2.38. The van der Waals surface area contributed by atoms with Crippen molar-refractivity contribution in [1.82, 2.24) is 9.78 Å². The van der Waals surface area contributed by atoms with Crippen LogP contribution in [0.1, 0.15) is 24.7 Å². The Hall–Kier alpha value is -0.790. The van der Waals surface area contributed by atoms with E-state index in [2.05, 4.69) is 29.7 Å². The SMILES string of the molecule is Cc1cc2n(n1)CCC(C)C2. The predicted molar refractivity (Wildman–Crippen MR) is 44.4 cm³/mol. The van der Waals surface area contributed by atoms with Gasteiger partial charge in [-0.2, -0.15) is 5.10 Å². The molecule has 60 valence electrons. The van der Waals surface area contributed by atoms with Crippen LogP contribution in [0.3, 0.4) is 0 Å². The number of aromatic nitrogens is 2. The van der Waals surface area contributed by atoms with Crippen molar-refractivity contribution in [3.63, 3.8) is 0 Å². The molecule has 0 aliphatic carbocycles. The average molecular weight is 150 g/mol. The molecule has 11 heavy (non-hydrogen) atoms. The van der Waals surface area contributed by atoms with Crippen LogP contribution in [0.4, 0.5) is 0 Å². The van der Waals surface area contributed by atoms with Crippen molar-refractivity contribution in [3.05, 3.63) is 17.5 Å². The van der Waals surface area contributed by atoms with E-state index in [0.717, 1.165) is 18.2 Å². The maximum atomic E-state index is 4.40. The first-order valence-electron chi connectivity index (χ1n) is 4.29. The van der Waals surface area contributed by atoms with Crippen LogP contribution in [0.2, 0.25) is 0 Å². The Labute approximate surface area is 67.2 Å². The quantitative estimate of drug-likeness (QED) is 0.551. The largest absolute Gasteiger partial charge is 0.269 e. The van der Waals surface area contributed by atoms with Gasteiger partial charge in [0.15, 0.2) is 0 Å². The molecule has 1 atom stereocenters. The highest BCUT2D eigenvalue weighted by Crippen LogP contribution is 2.19. The van der Waals surface area contributed by atoms with Crippen molar-refractivity contribution < 1.29 is 0 Å². The van der Waals surface area contributed by atoms with Crippen molar-refractivity contribution in [2.24, 2.45) is 5.92 Å². The maximum absolute atomic E-state index is 4.40. The molecule has 1 aliphatic heterocycles. The second kappa shape index (κ2) is 2.36. The van der Waals surface area contributed by atoms with Gasteiger partial charge in [-0.05, 0) is 31.7 Å². The number of aryl methyl sites for hydroxylation is 2. The molecule has 0 N–H and O–H groups in total. The molecule has 0 spiro atoms. The zero-order valence-electron chi connectivity index (χ0n) is 7.17. The lowest BCUT2D eigenvalue weighted by Crippen LogP contribution is -2.17. The number of fused-ring (bicyclic) bond motifs is 1. The van der Waals surface area contributed by atoms with E-state index >= 15 is 0 Å². The summed E-state index contributed by atoms with van der Waals surface area (Å²) in [4.78, 5) is 0. The zero-order chi connectivity index (χ0) is 7.84. The Morgan fingerprint density at radius 1 is 1.64 bits per heavy atom. The molecule has 1 aliphatic rings. The van der Waals surface area contributed by atoms with Gasteiger partial charge >= 0.3 is 0 Å². The Kier molecular flexibility index (Phi) is 1.48. The number of nitrogens with zero attached hydrogens (tertiary/aromatic N) is 2. The van der Waals surface area contributed by atoms with Gasteiger partial charge in [-0.1, -0.05) is 6.92 Å². The highest BCUT2D eigenvalue weighted by atomic mass is 15.3. The van der Waals surface area contributed by atoms with Crippen molar-refractivity contribution in [2.45, 2.75) is 33.2 Å². The van der Waals surface area contributed by atoms with Crippen LogP contribution < -0.4 is 0 Å². The summed E-state index contributed by atoms with van der Waals surface area (Å²) in [5, 5.41) is 4.40. The minimum Gasteiger partial charge on any atom is -0.269 e. The molecule has 0 radical (unpaired) electrons. The lowest BCUT2D eigenvalue weighted by molar-refractivity contribution is 0.391. The Balaban J connectivity index is 2.34. The highest BCUT2D eigenvalue weighted by Gasteiger charge is 2.15. The van der Waals surface area contributed by atoms with Gasteiger partial charge in [0.05, 0.1) is 5.69 Å². The molecule has 1 unspecified atom stereocenters. The fourth-order valence-corrected chi connectivity index (χ4v) is 1.76. The van der Waals surface area contributed by atoms with Gasteiger partial charge in [0, 0.05) is 12.2 Å². The Bertz CT molecular complexity index is 263. The zero-order valence-corrected chi connectivity index (χ0v) is 7.17. The molecule has 0 amide bonds. The third-order valence-electron chi connectivity index (χ3n) is 2.38. The van der Waals surface area contributed by atoms with E-state index in [-0.39, 0.29) is 0 Å². The summed E-state index contributed by atoms with van der Waals surface area (Å²) in [6, 6.07) is 2.20. The van der Waals surface area contributed by atoms with Gasteiger partial charge in [0.25, 0.3) is 0 Å². The first kappa shape index (κ1) is 6.89.